The molecule has 140 valence electrons. The molecular weight excluding hydrogens is 338 g/mol. The molecule has 0 spiro atoms. The molecule has 5 heteroatoms. The second-order valence-corrected chi connectivity index (χ2v) is 7.12. The molecule has 0 saturated carbocycles. The number of benzene rings is 2. The summed E-state index contributed by atoms with van der Waals surface area (Å²) in [5.41, 5.74) is 6.30. The van der Waals surface area contributed by atoms with E-state index in [0.717, 1.165) is 11.1 Å². The van der Waals surface area contributed by atoms with Crippen LogP contribution in [0.1, 0.15) is 34.2 Å². The van der Waals surface area contributed by atoms with Crippen LogP contribution in [0.3, 0.4) is 0 Å². The molecular formula is C22H25N3O2. The first-order chi connectivity index (χ1) is 12.9. The van der Waals surface area contributed by atoms with E-state index in [1.54, 1.807) is 6.07 Å². The van der Waals surface area contributed by atoms with E-state index in [4.69, 9.17) is 0 Å². The number of fused-ring (bicyclic) bond motifs is 1. The number of carbonyl (C=O) groups is 1. The molecule has 0 saturated heterocycles. The maximum Gasteiger partial charge on any atom is 0.261 e. The van der Waals surface area contributed by atoms with E-state index in [-0.39, 0.29) is 17.9 Å². The topological polar surface area (TPSA) is 64.0 Å². The minimum atomic E-state index is -0.110. The Kier molecular flexibility index (Phi) is 5.40. The van der Waals surface area contributed by atoms with E-state index in [9.17, 15) is 9.59 Å². The first kappa shape index (κ1) is 18.8. The number of aryl methyl sites for hydroxylation is 5. The van der Waals surface area contributed by atoms with Gasteiger partial charge < -0.3 is 5.32 Å². The largest absolute Gasteiger partial charge is 0.352 e. The molecule has 0 radical (unpaired) electrons. The molecule has 2 aromatic carbocycles. The third kappa shape index (κ3) is 4.08. The Morgan fingerprint density at radius 2 is 1.78 bits per heavy atom. The van der Waals surface area contributed by atoms with Crippen LogP contribution in [0.15, 0.2) is 41.5 Å². The zero-order valence-electron chi connectivity index (χ0n) is 16.3. The van der Waals surface area contributed by atoms with Crippen LogP contribution in [0.5, 0.6) is 0 Å². The Hall–Kier alpha value is -2.95. The summed E-state index contributed by atoms with van der Waals surface area (Å²) < 4.78 is 1.50. The lowest BCUT2D eigenvalue weighted by atomic mass is 10.00. The normalized spacial score (nSPS) is 11.0. The fraction of sp³-hybridized carbons (Fsp3) is 0.318. The fourth-order valence-electron chi connectivity index (χ4n) is 3.48. The monoisotopic (exact) mass is 363 g/mol. The zero-order valence-corrected chi connectivity index (χ0v) is 16.3. The Morgan fingerprint density at radius 3 is 2.48 bits per heavy atom. The van der Waals surface area contributed by atoms with E-state index in [2.05, 4.69) is 43.2 Å². The highest BCUT2D eigenvalue weighted by Gasteiger charge is 2.09. The lowest BCUT2D eigenvalue weighted by Gasteiger charge is -2.13. The van der Waals surface area contributed by atoms with E-state index in [0.29, 0.717) is 24.0 Å². The number of para-hydroxylation sites is 1. The second kappa shape index (κ2) is 7.74. The van der Waals surface area contributed by atoms with Crippen molar-refractivity contribution in [2.24, 2.45) is 0 Å². The molecule has 0 aliphatic heterocycles. The molecule has 0 fully saturated rings. The summed E-state index contributed by atoms with van der Waals surface area (Å²) >= 11 is 0. The number of rotatable bonds is 5. The highest BCUT2D eigenvalue weighted by Crippen LogP contribution is 2.16. The van der Waals surface area contributed by atoms with Crippen LogP contribution >= 0.6 is 0 Å². The molecule has 1 heterocycles. The van der Waals surface area contributed by atoms with Crippen molar-refractivity contribution in [1.29, 1.82) is 0 Å². The van der Waals surface area contributed by atoms with Gasteiger partial charge in [0.05, 0.1) is 17.2 Å². The standard InChI is InChI=1S/C22H25N3O2/c1-14-10-16(3)19(17(4)11-14)12-23-20(26)8-9-25-13-24-21-15(2)6-5-7-18(21)22(25)27/h5-7,10-11,13H,8-9,12H2,1-4H3,(H,23,26). The van der Waals surface area contributed by atoms with Gasteiger partial charge in [-0.2, -0.15) is 0 Å². The van der Waals surface area contributed by atoms with Crippen molar-refractivity contribution in [2.75, 3.05) is 0 Å². The molecule has 1 N–H and O–H groups in total. The summed E-state index contributed by atoms with van der Waals surface area (Å²) in [6.07, 6.45) is 1.77. The molecule has 0 aliphatic rings. The number of hydrogen-bond donors (Lipinski definition) is 1. The van der Waals surface area contributed by atoms with Gasteiger partial charge in [0.25, 0.3) is 5.56 Å². The van der Waals surface area contributed by atoms with Crippen LogP contribution in [0.4, 0.5) is 0 Å². The summed E-state index contributed by atoms with van der Waals surface area (Å²) in [7, 11) is 0. The molecule has 5 nitrogen and oxygen atoms in total. The number of nitrogens with zero attached hydrogens (tertiary/aromatic N) is 2. The first-order valence-corrected chi connectivity index (χ1v) is 9.15. The van der Waals surface area contributed by atoms with Gasteiger partial charge in [-0.05, 0) is 56.0 Å². The van der Waals surface area contributed by atoms with Crippen molar-refractivity contribution >= 4 is 16.8 Å². The van der Waals surface area contributed by atoms with Gasteiger partial charge in [-0.1, -0.05) is 29.8 Å². The van der Waals surface area contributed by atoms with Crippen molar-refractivity contribution in [3.63, 3.8) is 0 Å². The summed E-state index contributed by atoms with van der Waals surface area (Å²) in [5.74, 6) is -0.0781. The van der Waals surface area contributed by atoms with Crippen molar-refractivity contribution in [3.8, 4) is 0 Å². The summed E-state index contributed by atoms with van der Waals surface area (Å²) in [4.78, 5) is 29.2. The van der Waals surface area contributed by atoms with Crippen LogP contribution in [-0.2, 0) is 17.9 Å². The Balaban J connectivity index is 1.66. The average molecular weight is 363 g/mol. The predicted octanol–water partition coefficient (Wildman–Crippen LogP) is 3.34. The van der Waals surface area contributed by atoms with Gasteiger partial charge >= 0.3 is 0 Å². The smallest absolute Gasteiger partial charge is 0.261 e. The molecule has 0 aliphatic carbocycles. The van der Waals surface area contributed by atoms with Crippen molar-refractivity contribution < 1.29 is 4.79 Å². The molecule has 1 aromatic heterocycles. The van der Waals surface area contributed by atoms with Crippen molar-refractivity contribution in [2.45, 2.75) is 47.2 Å². The van der Waals surface area contributed by atoms with E-state index in [1.165, 1.54) is 27.6 Å². The van der Waals surface area contributed by atoms with Crippen LogP contribution in [0, 0.1) is 27.7 Å². The number of nitrogens with one attached hydrogen (secondary N) is 1. The van der Waals surface area contributed by atoms with Crippen LogP contribution in [-0.4, -0.2) is 15.5 Å². The zero-order chi connectivity index (χ0) is 19.6. The third-order valence-corrected chi connectivity index (χ3v) is 4.94. The van der Waals surface area contributed by atoms with Crippen LogP contribution in [0.25, 0.3) is 10.9 Å². The van der Waals surface area contributed by atoms with E-state index < -0.39 is 0 Å². The number of hydrogen-bond acceptors (Lipinski definition) is 3. The van der Waals surface area contributed by atoms with E-state index in [1.807, 2.05) is 19.1 Å². The third-order valence-electron chi connectivity index (χ3n) is 4.94. The molecule has 27 heavy (non-hydrogen) atoms. The van der Waals surface area contributed by atoms with Crippen LogP contribution in [0.2, 0.25) is 0 Å². The molecule has 1 amide bonds. The molecule has 0 bridgehead atoms. The molecule has 3 rings (SSSR count). The Labute approximate surface area is 159 Å². The van der Waals surface area contributed by atoms with E-state index >= 15 is 0 Å². The van der Waals surface area contributed by atoms with Gasteiger partial charge in [0.1, 0.15) is 0 Å². The molecule has 0 atom stereocenters. The summed E-state index contributed by atoms with van der Waals surface area (Å²) in [6, 6.07) is 9.80. The number of amides is 1. The van der Waals surface area contributed by atoms with Gasteiger partial charge in [0.2, 0.25) is 5.91 Å². The second-order valence-electron chi connectivity index (χ2n) is 7.12. The highest BCUT2D eigenvalue weighted by molar-refractivity contribution is 5.80. The molecule has 0 unspecified atom stereocenters. The highest BCUT2D eigenvalue weighted by atomic mass is 16.1. The lowest BCUT2D eigenvalue weighted by Crippen LogP contribution is -2.27. The summed E-state index contributed by atoms with van der Waals surface area (Å²) in [5, 5.41) is 3.55. The number of carbonyl (C=O) groups excluding carboxylic acids is 1. The fourth-order valence-corrected chi connectivity index (χ4v) is 3.48. The first-order valence-electron chi connectivity index (χ1n) is 9.15. The minimum absolute atomic E-state index is 0.0781. The van der Waals surface area contributed by atoms with Gasteiger partial charge in [-0.3, -0.25) is 14.2 Å². The van der Waals surface area contributed by atoms with Crippen molar-refractivity contribution in [1.82, 2.24) is 14.9 Å². The minimum Gasteiger partial charge on any atom is -0.352 e. The average Bonchev–Trinajstić information content (AvgIpc) is 2.61. The molecule has 3 aromatic rings. The predicted molar refractivity (Wildman–Crippen MR) is 108 cm³/mol. The van der Waals surface area contributed by atoms with Crippen LogP contribution < -0.4 is 10.9 Å². The Morgan fingerprint density at radius 1 is 1.07 bits per heavy atom. The maximum atomic E-state index is 12.6. The van der Waals surface area contributed by atoms with Gasteiger partial charge in [0.15, 0.2) is 0 Å². The Bertz CT molecular complexity index is 1040. The SMILES string of the molecule is Cc1cc(C)c(CNC(=O)CCn2cnc3c(C)cccc3c2=O)c(C)c1. The van der Waals surface area contributed by atoms with Gasteiger partial charge in [-0.15, -0.1) is 0 Å². The number of aromatic nitrogens is 2. The lowest BCUT2D eigenvalue weighted by molar-refractivity contribution is -0.121. The maximum absolute atomic E-state index is 12.6. The van der Waals surface area contributed by atoms with Crippen molar-refractivity contribution in [3.05, 3.63) is 74.8 Å². The quantitative estimate of drug-likeness (QED) is 0.756. The summed E-state index contributed by atoms with van der Waals surface area (Å²) in [6.45, 7) is 8.93. The van der Waals surface area contributed by atoms with Gasteiger partial charge in [-0.25, -0.2) is 4.98 Å². The van der Waals surface area contributed by atoms with Gasteiger partial charge in [0, 0.05) is 19.5 Å².